The van der Waals surface area contributed by atoms with Crippen LogP contribution in [0.15, 0.2) is 36.5 Å². The van der Waals surface area contributed by atoms with Crippen LogP contribution in [0.3, 0.4) is 0 Å². The van der Waals surface area contributed by atoms with Gasteiger partial charge in [-0.1, -0.05) is 0 Å². The van der Waals surface area contributed by atoms with Gasteiger partial charge in [0.15, 0.2) is 0 Å². The van der Waals surface area contributed by atoms with E-state index in [1.54, 1.807) is 0 Å². The van der Waals surface area contributed by atoms with Gasteiger partial charge in [-0.25, -0.2) is 0 Å². The molecule has 2 aromatic rings. The number of nitrogens with zero attached hydrogens (tertiary/aromatic N) is 1. The normalized spacial score (nSPS) is 10.4. The Kier molecular flexibility index (Phi) is 1.69. The van der Waals surface area contributed by atoms with Crippen molar-refractivity contribution in [2.24, 2.45) is 0 Å². The van der Waals surface area contributed by atoms with Crippen LogP contribution in [0.4, 0.5) is 0 Å². The number of rotatable bonds is 0. The summed E-state index contributed by atoms with van der Waals surface area (Å²) in [7, 11) is 0. The van der Waals surface area contributed by atoms with E-state index in [1.165, 1.54) is 9.62 Å². The van der Waals surface area contributed by atoms with Crippen LogP contribution >= 0.6 is 0 Å². The van der Waals surface area contributed by atoms with Crippen molar-refractivity contribution in [3.63, 3.8) is 0 Å². The summed E-state index contributed by atoms with van der Waals surface area (Å²) >= 11 is 2.10. The maximum absolute atomic E-state index is 4.24. The molecule has 0 aliphatic rings. The first kappa shape index (κ1) is 6.91. The van der Waals surface area contributed by atoms with Crippen molar-refractivity contribution < 1.29 is 0 Å². The first-order valence-electron chi connectivity index (χ1n) is 3.68. The molecule has 0 saturated heterocycles. The van der Waals surface area contributed by atoms with Crippen molar-refractivity contribution in [1.82, 2.24) is 4.98 Å². The van der Waals surface area contributed by atoms with E-state index in [9.17, 15) is 0 Å². The second-order valence-electron chi connectivity index (χ2n) is 2.64. The van der Waals surface area contributed by atoms with Gasteiger partial charge < -0.3 is 0 Å². The van der Waals surface area contributed by atoms with Crippen molar-refractivity contribution in [3.05, 3.63) is 36.5 Å². The van der Waals surface area contributed by atoms with Crippen LogP contribution in [0.1, 0.15) is 0 Å². The molecule has 0 bridgehead atoms. The number of aromatic nitrogens is 1. The van der Waals surface area contributed by atoms with Crippen molar-refractivity contribution >= 4 is 32.9 Å². The number of hydrogen-bond donors (Lipinski definition) is 0. The molecule has 0 aliphatic heterocycles. The minimum absolute atomic E-state index is 1.08. The summed E-state index contributed by atoms with van der Waals surface area (Å²) in [6, 6.07) is 10.2. The van der Waals surface area contributed by atoms with Gasteiger partial charge in [-0.05, 0) is 0 Å². The fourth-order valence-electron chi connectivity index (χ4n) is 1.26. The first-order chi connectivity index (χ1) is 5.38. The molecule has 0 radical (unpaired) electrons. The zero-order chi connectivity index (χ0) is 7.68. The van der Waals surface area contributed by atoms with Crippen LogP contribution in [0, 0.1) is 0 Å². The Balaban J connectivity index is 2.91. The van der Waals surface area contributed by atoms with Crippen LogP contribution in [0.25, 0.3) is 10.9 Å². The van der Waals surface area contributed by atoms with E-state index in [2.05, 4.69) is 34.8 Å². The quantitative estimate of drug-likeness (QED) is 0.491. The van der Waals surface area contributed by atoms with E-state index in [4.69, 9.17) is 0 Å². The van der Waals surface area contributed by atoms with Gasteiger partial charge in [-0.3, -0.25) is 0 Å². The van der Waals surface area contributed by atoms with Gasteiger partial charge in [0, 0.05) is 0 Å². The van der Waals surface area contributed by atoms with E-state index >= 15 is 0 Å². The molecule has 0 fully saturated rings. The molecule has 1 aromatic heterocycles. The zero-order valence-electron chi connectivity index (χ0n) is 6.41. The molecule has 0 N–H and O–H groups in total. The van der Waals surface area contributed by atoms with Crippen LogP contribution in [0.5, 0.6) is 0 Å². The summed E-state index contributed by atoms with van der Waals surface area (Å²) in [5.74, 6) is 0. The molecule has 0 spiro atoms. The summed E-state index contributed by atoms with van der Waals surface area (Å²) in [6.07, 6.45) is 1.82. The zero-order valence-corrected chi connectivity index (χ0v) is 6.41. The maximum atomic E-state index is 4.24. The minimum atomic E-state index is 1.08. The predicted octanol–water partition coefficient (Wildman–Crippen LogP) is 1.03. The topological polar surface area (TPSA) is 12.9 Å². The van der Waals surface area contributed by atoms with E-state index in [0.29, 0.717) is 0 Å². The summed E-state index contributed by atoms with van der Waals surface area (Å²) in [6.45, 7) is 0. The molecule has 0 atom stereocenters. The molecule has 0 unspecified atom stereocenters. The molecular formula is C9H6LiN. The van der Waals surface area contributed by atoms with Crippen LogP contribution in [-0.2, 0) is 0 Å². The van der Waals surface area contributed by atoms with Gasteiger partial charge in [0.05, 0.1) is 0 Å². The van der Waals surface area contributed by atoms with Gasteiger partial charge >= 0.3 is 74.4 Å². The Morgan fingerprint density at radius 3 is 2.82 bits per heavy atom. The Hall–Kier alpha value is -0.773. The Bertz CT molecular complexity index is 379. The van der Waals surface area contributed by atoms with E-state index in [0.717, 1.165) is 5.52 Å². The fourth-order valence-corrected chi connectivity index (χ4v) is 1.26. The first-order valence-corrected chi connectivity index (χ1v) is 3.68. The van der Waals surface area contributed by atoms with E-state index < -0.39 is 0 Å². The predicted molar refractivity (Wildman–Crippen MR) is 47.1 cm³/mol. The van der Waals surface area contributed by atoms with E-state index in [1.807, 2.05) is 24.4 Å². The van der Waals surface area contributed by atoms with Crippen LogP contribution in [0.2, 0.25) is 0 Å². The molecule has 0 aliphatic carbocycles. The molecule has 1 nitrogen and oxygen atoms in total. The summed E-state index contributed by atoms with van der Waals surface area (Å²) in [4.78, 5) is 4.24. The molecule has 2 rings (SSSR count). The molecule has 1 aromatic carbocycles. The van der Waals surface area contributed by atoms with Gasteiger partial charge in [0.2, 0.25) is 0 Å². The SMILES string of the molecule is [Li][c]1cccc2ncccc12. The Morgan fingerprint density at radius 2 is 2.00 bits per heavy atom. The number of pyridine rings is 1. The van der Waals surface area contributed by atoms with Crippen molar-refractivity contribution in [1.29, 1.82) is 0 Å². The van der Waals surface area contributed by atoms with Crippen molar-refractivity contribution in [2.75, 3.05) is 0 Å². The second kappa shape index (κ2) is 2.69. The van der Waals surface area contributed by atoms with Crippen molar-refractivity contribution in [3.8, 4) is 0 Å². The third-order valence-electron chi connectivity index (χ3n) is 1.86. The molecule has 1 heterocycles. The monoisotopic (exact) mass is 135 g/mol. The van der Waals surface area contributed by atoms with Crippen molar-refractivity contribution in [2.45, 2.75) is 0 Å². The average Bonchev–Trinajstić information content (AvgIpc) is 2.06. The van der Waals surface area contributed by atoms with Gasteiger partial charge in [-0.2, -0.15) is 0 Å². The molecule has 2 heteroatoms. The van der Waals surface area contributed by atoms with Gasteiger partial charge in [0.1, 0.15) is 0 Å². The van der Waals surface area contributed by atoms with E-state index in [-0.39, 0.29) is 0 Å². The summed E-state index contributed by atoms with van der Waals surface area (Å²) < 4.78 is 1.29. The third-order valence-corrected chi connectivity index (χ3v) is 1.86. The standard InChI is InChI=1S/C9H6N.Li/c1-2-6-9-8(4-1)5-3-7-10-9;/h1-3,5-7H;. The fraction of sp³-hybridized carbons (Fsp3) is 0. The number of hydrogen-bond acceptors (Lipinski definition) is 1. The van der Waals surface area contributed by atoms with Crippen LogP contribution in [-0.4, -0.2) is 22.7 Å². The Labute approximate surface area is 74.7 Å². The number of benzene rings is 1. The molecule has 0 amide bonds. The average molecular weight is 135 g/mol. The Morgan fingerprint density at radius 1 is 1.09 bits per heavy atom. The molecule has 48 valence electrons. The summed E-state index contributed by atoms with van der Waals surface area (Å²) in [5.41, 5.74) is 1.08. The van der Waals surface area contributed by atoms with Crippen LogP contribution < -0.4 is 4.24 Å². The number of fused-ring (bicyclic) bond motifs is 1. The second-order valence-corrected chi connectivity index (χ2v) is 2.64. The third kappa shape index (κ3) is 1.18. The van der Waals surface area contributed by atoms with Gasteiger partial charge in [0.25, 0.3) is 0 Å². The molecule has 0 saturated carbocycles. The summed E-state index contributed by atoms with van der Waals surface area (Å²) in [5, 5.41) is 1.25. The van der Waals surface area contributed by atoms with Gasteiger partial charge in [-0.15, -0.1) is 0 Å². The molecular weight excluding hydrogens is 129 g/mol. The molecule has 11 heavy (non-hydrogen) atoms.